The number of fused-ring (bicyclic) bond motifs is 8. The summed E-state index contributed by atoms with van der Waals surface area (Å²) < 4.78 is 133. The molecule has 0 saturated carbocycles. The zero-order valence-corrected chi connectivity index (χ0v) is 57.1. The van der Waals surface area contributed by atoms with Gasteiger partial charge in [0.05, 0.1) is 103 Å². The Balaban J connectivity index is 0.000000119. The zero-order chi connectivity index (χ0) is 68.8. The van der Waals surface area contributed by atoms with E-state index in [0.717, 1.165) is 66.0 Å². The minimum Gasteiger partial charge on any atom is -0.405 e. The highest BCUT2D eigenvalue weighted by Gasteiger charge is 2.48. The van der Waals surface area contributed by atoms with Crippen molar-refractivity contribution in [2.45, 2.75) is 126 Å². The molecule has 16 rings (SSSR count). The summed E-state index contributed by atoms with van der Waals surface area (Å²) in [7, 11) is -3.17. The molecule has 0 saturated heterocycles. The first-order chi connectivity index (χ1) is 47.9. The highest BCUT2D eigenvalue weighted by Crippen LogP contribution is 2.33. The highest BCUT2D eigenvalue weighted by molar-refractivity contribution is 6.66. The number of hydrogen-bond donors (Lipinski definition) is 0. The Kier molecular flexibility index (Phi) is 22.7. The number of hydrogen-bond acceptors (Lipinski definition) is 16. The average Bonchev–Trinajstić information content (AvgIpc) is 1.74. The van der Waals surface area contributed by atoms with E-state index in [-0.39, 0.29) is 52.0 Å². The van der Waals surface area contributed by atoms with Crippen molar-refractivity contribution in [3.8, 4) is 0 Å². The second kappa shape index (κ2) is 31.8. The number of benzene rings is 8. The van der Waals surface area contributed by atoms with Crippen molar-refractivity contribution < 1.29 is 87.6 Å². The van der Waals surface area contributed by atoms with Crippen LogP contribution < -0.4 is 43.7 Å². The third-order valence-electron chi connectivity index (χ3n) is 18.8. The van der Waals surface area contributed by atoms with E-state index in [1.165, 1.54) is 75.3 Å². The fourth-order valence-corrected chi connectivity index (χ4v) is 12.8. The van der Waals surface area contributed by atoms with Crippen LogP contribution in [0.15, 0.2) is 158 Å². The molecule has 8 aromatic carbocycles. The molecule has 506 valence electrons. The van der Waals surface area contributed by atoms with Crippen LogP contribution in [-0.2, 0) is 127 Å². The highest BCUT2D eigenvalue weighted by atomic mass is 19.1. The van der Waals surface area contributed by atoms with Gasteiger partial charge in [0.2, 0.25) is 0 Å². The van der Waals surface area contributed by atoms with Crippen LogP contribution in [0.2, 0.25) is 0 Å². The molecule has 0 aromatic heterocycles. The molecule has 0 spiro atoms. The lowest BCUT2D eigenvalue weighted by atomic mass is 9.74. The molecule has 8 aromatic rings. The van der Waals surface area contributed by atoms with E-state index >= 15 is 0 Å². The van der Waals surface area contributed by atoms with Gasteiger partial charge in [0.1, 0.15) is 17.5 Å². The van der Waals surface area contributed by atoms with Gasteiger partial charge in [-0.25, -0.2) is 13.2 Å². The molecule has 0 N–H and O–H groups in total. The van der Waals surface area contributed by atoms with Gasteiger partial charge in [0.25, 0.3) is 0 Å². The summed E-state index contributed by atoms with van der Waals surface area (Å²) in [5.74, 6) is -0.779. The van der Waals surface area contributed by atoms with Gasteiger partial charge in [-0.3, -0.25) is 0 Å². The Bertz CT molecular complexity index is 3950. The summed E-state index contributed by atoms with van der Waals surface area (Å²) in [6.07, 6.45) is -0.181. The van der Waals surface area contributed by atoms with Crippen molar-refractivity contribution in [2.75, 3.05) is 33.0 Å². The summed E-state index contributed by atoms with van der Waals surface area (Å²) >= 11 is 0. The fraction of sp³-hybridized carbons (Fsp3) is 0.333. The first-order valence-electron chi connectivity index (χ1n) is 33.7. The summed E-state index contributed by atoms with van der Waals surface area (Å²) in [6, 6.07) is 48.9. The predicted molar refractivity (Wildman–Crippen MR) is 378 cm³/mol. The SMILES string of the molecule is Cc1ccc2c(c1)COB2OC(C)(C)C(C)(C)OB1OCc2cc(F)ccc21.Cc1ccc2c(c1)COB2OCC(C)OB1OCc2cc(F)ccc21.Cc1ccc2c(c1)COB2OCCOB1OCc2cc(F)ccc21.c1ccc2c(c1)COB2OCCOB1OCc2ccccc21. The van der Waals surface area contributed by atoms with Gasteiger partial charge >= 0.3 is 56.9 Å². The maximum atomic E-state index is 13.5. The lowest BCUT2D eigenvalue weighted by Gasteiger charge is -2.43. The van der Waals surface area contributed by atoms with E-state index < -0.39 is 39.7 Å². The fourth-order valence-electron chi connectivity index (χ4n) is 12.8. The predicted octanol–water partition coefficient (Wildman–Crippen LogP) is 6.77. The largest absolute Gasteiger partial charge is 0.494 e. The molecular weight excluding hydrogens is 1260 g/mol. The maximum Gasteiger partial charge on any atom is 0.494 e. The van der Waals surface area contributed by atoms with Crippen LogP contribution in [-0.4, -0.2) is 107 Å². The summed E-state index contributed by atoms with van der Waals surface area (Å²) in [4.78, 5) is 0. The molecule has 0 aliphatic carbocycles. The molecule has 16 nitrogen and oxygen atoms in total. The van der Waals surface area contributed by atoms with E-state index in [1.807, 2.05) is 77.1 Å². The van der Waals surface area contributed by atoms with E-state index in [2.05, 4.69) is 81.4 Å². The van der Waals surface area contributed by atoms with Crippen LogP contribution >= 0.6 is 0 Å². The molecule has 1 unspecified atom stereocenters. The van der Waals surface area contributed by atoms with Crippen LogP contribution in [0.4, 0.5) is 13.2 Å². The number of rotatable bonds is 20. The van der Waals surface area contributed by atoms with Crippen molar-refractivity contribution >= 4 is 101 Å². The standard InChI is InChI=1S/C21H25B2FO4.C18H19B2FO4.C17H17B2FO4.C16H16B2O4/c1-14-6-8-18-15(10-14)12-25-22(18)27-20(2,3)21(4,5)28-23-19-9-7-17(24)11-16(19)13-26-23;1-12-3-5-17-14(7-12)10-23-19(17)22-9-13(2)25-20-18-6-4-16(21)8-15(18)11-24-20;1-12-2-4-16-13(8-12)10-23-18(16)21-6-7-22-19-17-5-3-15(20)9-14(17)11-24-19;1-3-7-15-13(5-1)11-21-17(15)19-9-10-20-18-16-8-4-2-6-14(16)12-22-18/h6-11H,12-13H2,1-5H3;3-8,13H,9-11H2,1-2H3;2-5,8-9H,6-7,10-11H2,1H3;1-8H,9-12H2. The minimum absolute atomic E-state index is 0.181. The van der Waals surface area contributed by atoms with Gasteiger partial charge in [-0.05, 0) is 180 Å². The summed E-state index contributed by atoms with van der Waals surface area (Å²) in [5, 5.41) is 0. The van der Waals surface area contributed by atoms with Crippen LogP contribution in [0.3, 0.4) is 0 Å². The maximum absolute atomic E-state index is 13.5. The van der Waals surface area contributed by atoms with Crippen molar-refractivity contribution in [3.63, 3.8) is 0 Å². The van der Waals surface area contributed by atoms with E-state index in [9.17, 15) is 13.2 Å². The second-order valence-corrected chi connectivity index (χ2v) is 26.7. The molecule has 99 heavy (non-hydrogen) atoms. The lowest BCUT2D eigenvalue weighted by molar-refractivity contribution is -0.0935. The molecule has 0 fully saturated rings. The smallest absolute Gasteiger partial charge is 0.405 e. The zero-order valence-electron chi connectivity index (χ0n) is 57.1. The molecule has 8 aliphatic rings. The lowest BCUT2D eigenvalue weighted by Crippen LogP contribution is -2.57. The van der Waals surface area contributed by atoms with Crippen molar-refractivity contribution in [1.29, 1.82) is 0 Å². The van der Waals surface area contributed by atoms with Crippen LogP contribution in [0.5, 0.6) is 0 Å². The van der Waals surface area contributed by atoms with Gasteiger partial charge < -0.3 is 74.5 Å². The molecule has 27 heteroatoms. The molecule has 0 radical (unpaired) electrons. The molecule has 8 heterocycles. The quantitative estimate of drug-likeness (QED) is 0.0584. The average molecular weight is 1340 g/mol. The first-order valence-corrected chi connectivity index (χ1v) is 33.7. The molecular formula is C72H77B8F3O16. The minimum atomic E-state index is -0.690. The number of aryl methyl sites for hydroxylation is 3. The van der Waals surface area contributed by atoms with Gasteiger partial charge in [0, 0.05) is 0 Å². The Hall–Kier alpha value is -6.57. The van der Waals surface area contributed by atoms with E-state index in [4.69, 9.17) is 74.5 Å². The van der Waals surface area contributed by atoms with E-state index in [0.29, 0.717) is 85.9 Å². The molecule has 0 amide bonds. The topological polar surface area (TPSA) is 148 Å². The molecule has 8 aliphatic heterocycles. The Labute approximate surface area is 580 Å². The van der Waals surface area contributed by atoms with Crippen LogP contribution in [0.25, 0.3) is 0 Å². The first kappa shape index (κ1) is 70.8. The Morgan fingerprint density at radius 2 is 0.586 bits per heavy atom. The van der Waals surface area contributed by atoms with Gasteiger partial charge in [0.15, 0.2) is 0 Å². The summed E-state index contributed by atoms with van der Waals surface area (Å²) in [6.45, 7) is 22.2. The number of halogens is 3. The molecule has 0 bridgehead atoms. The third-order valence-corrected chi connectivity index (χ3v) is 18.8. The van der Waals surface area contributed by atoms with Crippen molar-refractivity contribution in [1.82, 2.24) is 0 Å². The normalized spacial score (nSPS) is 16.3. The monoisotopic (exact) mass is 1340 g/mol. The van der Waals surface area contributed by atoms with Gasteiger partial charge in [-0.15, -0.1) is 0 Å². The Morgan fingerprint density at radius 1 is 0.323 bits per heavy atom. The van der Waals surface area contributed by atoms with Crippen LogP contribution in [0.1, 0.15) is 95.8 Å². The third kappa shape index (κ3) is 17.0. The van der Waals surface area contributed by atoms with Crippen molar-refractivity contribution in [3.05, 3.63) is 236 Å². The van der Waals surface area contributed by atoms with Crippen molar-refractivity contribution in [2.24, 2.45) is 0 Å². The van der Waals surface area contributed by atoms with Gasteiger partial charge in [-0.1, -0.05) is 138 Å². The van der Waals surface area contributed by atoms with Crippen LogP contribution in [0, 0.1) is 38.2 Å². The Morgan fingerprint density at radius 3 is 0.949 bits per heavy atom. The summed E-state index contributed by atoms with van der Waals surface area (Å²) in [5.41, 5.74) is 18.8. The molecule has 1 atom stereocenters. The van der Waals surface area contributed by atoms with Gasteiger partial charge in [-0.2, -0.15) is 0 Å². The second-order valence-electron chi connectivity index (χ2n) is 26.7. The van der Waals surface area contributed by atoms with E-state index in [1.54, 1.807) is 18.2 Å².